The highest BCUT2D eigenvalue weighted by Gasteiger charge is 2.21. The minimum Gasteiger partial charge on any atom is -0.290 e. The van der Waals surface area contributed by atoms with Crippen molar-refractivity contribution in [2.75, 3.05) is 0 Å². The van der Waals surface area contributed by atoms with Crippen molar-refractivity contribution in [1.29, 1.82) is 0 Å². The second-order valence-corrected chi connectivity index (χ2v) is 5.00. The van der Waals surface area contributed by atoms with E-state index in [9.17, 15) is 29.8 Å². The zero-order chi connectivity index (χ0) is 18.0. The van der Waals surface area contributed by atoms with Crippen molar-refractivity contribution in [2.24, 2.45) is 4.99 Å². The van der Waals surface area contributed by atoms with Crippen LogP contribution >= 0.6 is 0 Å². The summed E-state index contributed by atoms with van der Waals surface area (Å²) in [7, 11) is 0. The number of aliphatic imine (C=N–C) groups is 1. The van der Waals surface area contributed by atoms with Crippen LogP contribution in [0.5, 0.6) is 0 Å². The van der Waals surface area contributed by atoms with E-state index in [2.05, 4.69) is 4.99 Å². The lowest BCUT2D eigenvalue weighted by atomic mass is 9.97. The summed E-state index contributed by atoms with van der Waals surface area (Å²) in [5.74, 6) is -1.08. The maximum atomic E-state index is 12.2. The Morgan fingerprint density at radius 1 is 0.958 bits per heavy atom. The van der Waals surface area contributed by atoms with Gasteiger partial charge < -0.3 is 0 Å². The number of benzene rings is 1. The predicted molar refractivity (Wildman–Crippen MR) is 84.0 cm³/mol. The van der Waals surface area contributed by atoms with Crippen molar-refractivity contribution in [3.05, 3.63) is 67.3 Å². The van der Waals surface area contributed by atoms with Crippen LogP contribution in [-0.2, 0) is 4.79 Å². The summed E-state index contributed by atoms with van der Waals surface area (Å²) < 4.78 is 0. The molecule has 9 nitrogen and oxygen atoms in total. The lowest BCUT2D eigenvalue weighted by Gasteiger charge is -2.10. The van der Waals surface area contributed by atoms with E-state index >= 15 is 0 Å². The number of amides is 1. The molecule has 0 spiro atoms. The molecular weight excluding hydrogens is 318 g/mol. The molecule has 9 heteroatoms. The third kappa shape index (κ3) is 3.29. The van der Waals surface area contributed by atoms with Gasteiger partial charge in [-0.25, -0.2) is 4.99 Å². The van der Waals surface area contributed by atoms with Crippen molar-refractivity contribution >= 4 is 28.8 Å². The van der Waals surface area contributed by atoms with Gasteiger partial charge in [0.25, 0.3) is 17.3 Å². The van der Waals surface area contributed by atoms with Gasteiger partial charge >= 0.3 is 0 Å². The van der Waals surface area contributed by atoms with Crippen LogP contribution in [0, 0.1) is 20.2 Å². The molecule has 0 heterocycles. The monoisotopic (exact) mass is 329 g/mol. The Balaban J connectivity index is 2.49. The van der Waals surface area contributed by atoms with Crippen LogP contribution in [0.25, 0.3) is 0 Å². The predicted octanol–water partition coefficient (Wildman–Crippen LogP) is 2.56. The fourth-order valence-corrected chi connectivity index (χ4v) is 2.01. The molecule has 1 aliphatic carbocycles. The number of nitro groups is 2. The molecule has 0 saturated heterocycles. The highest BCUT2D eigenvalue weighted by Crippen LogP contribution is 2.24. The van der Waals surface area contributed by atoms with Gasteiger partial charge in [0.1, 0.15) is 0 Å². The number of non-ortho nitro benzene ring substituents is 2. The standard InChI is InChI=1S/C15H11N3O6/c1-8-9(2)14(19)4-3-13(8)16-15(20)10-5-11(17(21)22)7-12(6-10)18(23)24/h3-7H,1-2H3. The number of hydrogen-bond acceptors (Lipinski definition) is 6. The minimum atomic E-state index is -0.872. The summed E-state index contributed by atoms with van der Waals surface area (Å²) in [4.78, 5) is 47.6. The number of carbonyl (C=O) groups is 2. The van der Waals surface area contributed by atoms with Crippen LogP contribution < -0.4 is 0 Å². The molecule has 0 unspecified atom stereocenters. The second-order valence-electron chi connectivity index (χ2n) is 5.00. The first-order valence-corrected chi connectivity index (χ1v) is 6.68. The Morgan fingerprint density at radius 2 is 1.50 bits per heavy atom. The number of nitrogens with zero attached hydrogens (tertiary/aromatic N) is 3. The van der Waals surface area contributed by atoms with Crippen LogP contribution in [0.4, 0.5) is 11.4 Å². The average Bonchev–Trinajstić information content (AvgIpc) is 2.54. The first-order chi connectivity index (χ1) is 11.2. The van der Waals surface area contributed by atoms with Crippen LogP contribution in [-0.4, -0.2) is 27.2 Å². The maximum Gasteiger partial charge on any atom is 0.278 e. The summed E-state index contributed by atoms with van der Waals surface area (Å²) in [6.45, 7) is 3.19. The topological polar surface area (TPSA) is 133 Å². The zero-order valence-electron chi connectivity index (χ0n) is 12.7. The quantitative estimate of drug-likeness (QED) is 0.475. The Kier molecular flexibility index (Phi) is 4.45. The number of nitro benzene ring substituents is 2. The number of hydrogen-bond donors (Lipinski definition) is 0. The molecule has 0 aromatic heterocycles. The van der Waals surface area contributed by atoms with Crippen molar-refractivity contribution in [3.63, 3.8) is 0 Å². The van der Waals surface area contributed by atoms with Gasteiger partial charge in [-0.05, 0) is 31.6 Å². The van der Waals surface area contributed by atoms with E-state index in [-0.39, 0.29) is 17.1 Å². The fourth-order valence-electron chi connectivity index (χ4n) is 2.01. The van der Waals surface area contributed by atoms with Crippen LogP contribution in [0.2, 0.25) is 0 Å². The Labute approximate surface area is 135 Å². The normalized spacial score (nSPS) is 15.8. The van der Waals surface area contributed by atoms with Gasteiger partial charge in [0.2, 0.25) is 0 Å². The molecule has 0 fully saturated rings. The number of ketones is 1. The first-order valence-electron chi connectivity index (χ1n) is 6.68. The molecule has 24 heavy (non-hydrogen) atoms. The largest absolute Gasteiger partial charge is 0.290 e. The summed E-state index contributed by atoms with van der Waals surface area (Å²) in [6.07, 6.45) is 2.61. The van der Waals surface area contributed by atoms with Gasteiger partial charge in [-0.15, -0.1) is 0 Å². The summed E-state index contributed by atoms with van der Waals surface area (Å²) in [5.41, 5.74) is -0.286. The number of allylic oxidation sites excluding steroid dienone is 4. The molecule has 2 rings (SSSR count). The van der Waals surface area contributed by atoms with Gasteiger partial charge in [0.05, 0.1) is 27.2 Å². The Bertz CT molecular complexity index is 847. The van der Waals surface area contributed by atoms with E-state index in [1.165, 1.54) is 12.2 Å². The van der Waals surface area contributed by atoms with Crippen molar-refractivity contribution < 1.29 is 19.4 Å². The lowest BCUT2D eigenvalue weighted by Crippen LogP contribution is -2.13. The van der Waals surface area contributed by atoms with Gasteiger partial charge in [-0.1, -0.05) is 0 Å². The molecular formula is C15H11N3O6. The highest BCUT2D eigenvalue weighted by molar-refractivity contribution is 6.24. The molecule has 1 aromatic rings. The number of carbonyl (C=O) groups excluding carboxylic acids is 2. The molecule has 1 aliphatic rings. The van der Waals surface area contributed by atoms with Crippen molar-refractivity contribution in [3.8, 4) is 0 Å². The van der Waals surface area contributed by atoms with Crippen LogP contribution in [0.1, 0.15) is 24.2 Å². The summed E-state index contributed by atoms with van der Waals surface area (Å²) in [6, 6.07) is 2.60. The SMILES string of the molecule is CC1=C(C)C(=NC(=O)c2cc([N+](=O)[O-])cc([N+](=O)[O-])c2)C=CC1=O. The maximum absolute atomic E-state index is 12.2. The molecule has 0 saturated carbocycles. The molecule has 1 aromatic carbocycles. The smallest absolute Gasteiger partial charge is 0.278 e. The molecule has 0 atom stereocenters. The van der Waals surface area contributed by atoms with Crippen LogP contribution in [0.3, 0.4) is 0 Å². The molecule has 1 amide bonds. The molecule has 0 radical (unpaired) electrons. The molecule has 0 N–H and O–H groups in total. The van der Waals surface area contributed by atoms with E-state index in [0.717, 1.165) is 18.2 Å². The van der Waals surface area contributed by atoms with Gasteiger partial charge in [0, 0.05) is 17.7 Å². The summed E-state index contributed by atoms with van der Waals surface area (Å²) >= 11 is 0. The van der Waals surface area contributed by atoms with Crippen molar-refractivity contribution in [2.45, 2.75) is 13.8 Å². The number of rotatable bonds is 3. The van der Waals surface area contributed by atoms with Crippen LogP contribution in [0.15, 0.2) is 46.5 Å². The average molecular weight is 329 g/mol. The Hall–Kier alpha value is -3.49. The molecule has 0 aliphatic heterocycles. The van der Waals surface area contributed by atoms with E-state index in [1.807, 2.05) is 0 Å². The van der Waals surface area contributed by atoms with Gasteiger partial charge in [0.15, 0.2) is 5.78 Å². The Morgan fingerprint density at radius 3 is 2.00 bits per heavy atom. The third-order valence-corrected chi connectivity index (χ3v) is 3.50. The van der Waals surface area contributed by atoms with E-state index in [1.54, 1.807) is 13.8 Å². The highest BCUT2D eigenvalue weighted by atomic mass is 16.6. The fraction of sp³-hybridized carbons (Fsp3) is 0.133. The minimum absolute atomic E-state index is 0.204. The van der Waals surface area contributed by atoms with E-state index in [4.69, 9.17) is 0 Å². The lowest BCUT2D eigenvalue weighted by molar-refractivity contribution is -0.394. The summed E-state index contributed by atoms with van der Waals surface area (Å²) in [5, 5.41) is 21.7. The van der Waals surface area contributed by atoms with Gasteiger partial charge in [-0.3, -0.25) is 29.8 Å². The van der Waals surface area contributed by atoms with Crippen molar-refractivity contribution in [1.82, 2.24) is 0 Å². The van der Waals surface area contributed by atoms with E-state index < -0.39 is 27.1 Å². The third-order valence-electron chi connectivity index (χ3n) is 3.50. The zero-order valence-corrected chi connectivity index (χ0v) is 12.7. The molecule has 122 valence electrons. The molecule has 0 bridgehead atoms. The second kappa shape index (κ2) is 6.32. The van der Waals surface area contributed by atoms with Gasteiger partial charge in [-0.2, -0.15) is 0 Å². The van der Waals surface area contributed by atoms with E-state index in [0.29, 0.717) is 11.1 Å². The first kappa shape index (κ1) is 16.9.